The Morgan fingerprint density at radius 1 is 1.50 bits per heavy atom. The van der Waals surface area contributed by atoms with E-state index in [0.717, 1.165) is 17.3 Å². The largest absolute Gasteiger partial charge is 0.461 e. The van der Waals surface area contributed by atoms with Gasteiger partial charge in [0.25, 0.3) is 0 Å². The van der Waals surface area contributed by atoms with Crippen LogP contribution < -0.4 is 5.73 Å². The van der Waals surface area contributed by atoms with E-state index in [0.29, 0.717) is 25.4 Å². The minimum absolute atomic E-state index is 0.211. The van der Waals surface area contributed by atoms with Gasteiger partial charge in [-0.1, -0.05) is 6.92 Å². The molecule has 0 radical (unpaired) electrons. The lowest BCUT2D eigenvalue weighted by Crippen LogP contribution is -2.11. The van der Waals surface area contributed by atoms with Gasteiger partial charge in [0, 0.05) is 31.0 Å². The molecule has 2 heterocycles. The van der Waals surface area contributed by atoms with E-state index < -0.39 is 5.97 Å². The normalized spacial score (nSPS) is 10.7. The van der Waals surface area contributed by atoms with Crippen molar-refractivity contribution in [1.82, 2.24) is 14.5 Å². The Morgan fingerprint density at radius 3 is 2.90 bits per heavy atom. The Hall–Kier alpha value is -1.89. The van der Waals surface area contributed by atoms with Crippen LogP contribution >= 0.6 is 11.3 Å². The topological polar surface area (TPSA) is 83.0 Å². The first-order valence-corrected chi connectivity index (χ1v) is 7.45. The highest BCUT2D eigenvalue weighted by Gasteiger charge is 2.20. The third-order valence-corrected chi connectivity index (χ3v) is 3.74. The lowest BCUT2D eigenvalue weighted by Gasteiger charge is -2.07. The fourth-order valence-corrected chi connectivity index (χ4v) is 2.58. The molecular weight excluding hydrogens is 276 g/mol. The molecule has 0 saturated heterocycles. The quantitative estimate of drug-likeness (QED) is 0.823. The van der Waals surface area contributed by atoms with Crippen LogP contribution in [-0.4, -0.2) is 27.1 Å². The molecule has 0 aromatic carbocycles. The maximum atomic E-state index is 11.8. The van der Waals surface area contributed by atoms with Crippen molar-refractivity contribution in [2.45, 2.75) is 33.2 Å². The van der Waals surface area contributed by atoms with Crippen molar-refractivity contribution in [3.8, 4) is 0 Å². The van der Waals surface area contributed by atoms with Gasteiger partial charge in [-0.3, -0.25) is 0 Å². The molecule has 0 amide bonds. The summed E-state index contributed by atoms with van der Waals surface area (Å²) >= 11 is 1.61. The summed E-state index contributed by atoms with van der Waals surface area (Å²) in [6.07, 6.45) is 3.26. The number of rotatable bonds is 6. The molecule has 0 saturated carbocycles. The summed E-state index contributed by atoms with van der Waals surface area (Å²) in [5, 5.41) is 2.98. The van der Waals surface area contributed by atoms with Crippen LogP contribution in [0.15, 0.2) is 11.6 Å². The number of hydrogen-bond acceptors (Lipinski definition) is 6. The molecule has 0 bridgehead atoms. The van der Waals surface area contributed by atoms with Crippen LogP contribution in [0.2, 0.25) is 0 Å². The molecule has 0 spiro atoms. The number of aryl methyl sites for hydroxylation is 2. The SMILES string of the molecule is CCOC(=O)c1nc(CC)n(CCc2nccs2)c1N. The van der Waals surface area contributed by atoms with Crippen LogP contribution in [-0.2, 0) is 24.1 Å². The van der Waals surface area contributed by atoms with E-state index in [2.05, 4.69) is 9.97 Å². The Kier molecular flexibility index (Phi) is 4.73. The Morgan fingerprint density at radius 2 is 2.30 bits per heavy atom. The molecule has 7 heteroatoms. The molecule has 2 N–H and O–H groups in total. The van der Waals surface area contributed by atoms with E-state index in [1.54, 1.807) is 24.5 Å². The first-order valence-electron chi connectivity index (χ1n) is 6.57. The molecule has 0 aliphatic rings. The van der Waals surface area contributed by atoms with Gasteiger partial charge in [-0.2, -0.15) is 0 Å². The van der Waals surface area contributed by atoms with Gasteiger partial charge in [0.2, 0.25) is 0 Å². The van der Waals surface area contributed by atoms with Gasteiger partial charge < -0.3 is 15.0 Å². The number of carbonyl (C=O) groups excluding carboxylic acids is 1. The zero-order valence-electron chi connectivity index (χ0n) is 11.6. The molecule has 20 heavy (non-hydrogen) atoms. The highest BCUT2D eigenvalue weighted by atomic mass is 32.1. The molecular formula is C13H18N4O2S. The van der Waals surface area contributed by atoms with Crippen LogP contribution in [0.3, 0.4) is 0 Å². The van der Waals surface area contributed by atoms with Gasteiger partial charge >= 0.3 is 5.97 Å². The van der Waals surface area contributed by atoms with Crippen molar-refractivity contribution < 1.29 is 9.53 Å². The highest BCUT2D eigenvalue weighted by molar-refractivity contribution is 7.09. The van der Waals surface area contributed by atoms with Crippen LogP contribution in [0.4, 0.5) is 5.82 Å². The third-order valence-electron chi connectivity index (χ3n) is 2.90. The van der Waals surface area contributed by atoms with Crippen molar-refractivity contribution >= 4 is 23.1 Å². The molecule has 0 unspecified atom stereocenters. The number of anilines is 1. The van der Waals surface area contributed by atoms with Gasteiger partial charge in [0.05, 0.1) is 11.6 Å². The minimum Gasteiger partial charge on any atom is -0.461 e. The zero-order chi connectivity index (χ0) is 14.5. The second kappa shape index (κ2) is 6.51. The standard InChI is InChI=1S/C13H18N4O2S/c1-3-9-16-11(13(18)19-4-2)12(14)17(9)7-5-10-15-6-8-20-10/h6,8H,3-5,7,14H2,1-2H3. The highest BCUT2D eigenvalue weighted by Crippen LogP contribution is 2.18. The Bertz CT molecular complexity index is 577. The Labute approximate surface area is 121 Å². The zero-order valence-corrected chi connectivity index (χ0v) is 12.4. The fraction of sp³-hybridized carbons (Fsp3) is 0.462. The fourth-order valence-electron chi connectivity index (χ4n) is 1.97. The Balaban J connectivity index is 2.20. The molecule has 0 atom stereocenters. The number of nitrogens with two attached hydrogens (primary N) is 1. The van der Waals surface area contributed by atoms with E-state index >= 15 is 0 Å². The van der Waals surface area contributed by atoms with Crippen molar-refractivity contribution in [3.05, 3.63) is 28.1 Å². The minimum atomic E-state index is -0.465. The number of hydrogen-bond donors (Lipinski definition) is 1. The molecule has 0 aliphatic carbocycles. The summed E-state index contributed by atoms with van der Waals surface area (Å²) < 4.78 is 6.84. The summed E-state index contributed by atoms with van der Waals surface area (Å²) in [4.78, 5) is 20.3. The first kappa shape index (κ1) is 14.5. The van der Waals surface area contributed by atoms with E-state index in [1.807, 2.05) is 16.9 Å². The van der Waals surface area contributed by atoms with Crippen LogP contribution in [0.1, 0.15) is 35.2 Å². The van der Waals surface area contributed by atoms with Crippen molar-refractivity contribution in [3.63, 3.8) is 0 Å². The monoisotopic (exact) mass is 294 g/mol. The van der Waals surface area contributed by atoms with Gasteiger partial charge in [-0.15, -0.1) is 11.3 Å². The van der Waals surface area contributed by atoms with E-state index in [9.17, 15) is 4.79 Å². The van der Waals surface area contributed by atoms with Crippen LogP contribution in [0, 0.1) is 0 Å². The average Bonchev–Trinajstić information content (AvgIpc) is 3.04. The molecule has 6 nitrogen and oxygen atoms in total. The second-order valence-electron chi connectivity index (χ2n) is 4.16. The average molecular weight is 294 g/mol. The summed E-state index contributed by atoms with van der Waals surface area (Å²) in [5.74, 6) is 0.701. The van der Waals surface area contributed by atoms with E-state index in [1.165, 1.54) is 0 Å². The predicted molar refractivity (Wildman–Crippen MR) is 77.8 cm³/mol. The smallest absolute Gasteiger partial charge is 0.360 e. The first-order chi connectivity index (χ1) is 9.67. The predicted octanol–water partition coefficient (Wildman–Crippen LogP) is 1.90. The number of aromatic nitrogens is 3. The van der Waals surface area contributed by atoms with E-state index in [4.69, 9.17) is 10.5 Å². The maximum absolute atomic E-state index is 11.8. The number of thiazole rings is 1. The number of imidazole rings is 1. The van der Waals surface area contributed by atoms with Gasteiger partial charge in [0.1, 0.15) is 11.6 Å². The lowest BCUT2D eigenvalue weighted by atomic mass is 10.4. The number of nitrogens with zero attached hydrogens (tertiary/aromatic N) is 3. The van der Waals surface area contributed by atoms with E-state index in [-0.39, 0.29) is 5.69 Å². The summed E-state index contributed by atoms with van der Waals surface area (Å²) in [5.41, 5.74) is 6.24. The molecule has 2 aromatic heterocycles. The number of nitrogen functional groups attached to an aromatic ring is 1. The third kappa shape index (κ3) is 2.98. The number of carbonyl (C=O) groups is 1. The van der Waals surface area contributed by atoms with Crippen LogP contribution in [0.25, 0.3) is 0 Å². The number of ether oxygens (including phenoxy) is 1. The second-order valence-corrected chi connectivity index (χ2v) is 5.14. The molecule has 0 fully saturated rings. The van der Waals surface area contributed by atoms with Crippen LogP contribution in [0.5, 0.6) is 0 Å². The molecule has 0 aliphatic heterocycles. The van der Waals surface area contributed by atoms with Crippen molar-refractivity contribution in [2.24, 2.45) is 0 Å². The molecule has 2 aromatic rings. The molecule has 108 valence electrons. The van der Waals surface area contributed by atoms with Gasteiger partial charge in [-0.25, -0.2) is 14.8 Å². The van der Waals surface area contributed by atoms with Crippen molar-refractivity contribution in [2.75, 3.05) is 12.3 Å². The van der Waals surface area contributed by atoms with Crippen molar-refractivity contribution in [1.29, 1.82) is 0 Å². The number of esters is 1. The molecule has 2 rings (SSSR count). The summed E-state index contributed by atoms with van der Waals surface area (Å²) in [6.45, 7) is 4.71. The summed E-state index contributed by atoms with van der Waals surface area (Å²) in [7, 11) is 0. The lowest BCUT2D eigenvalue weighted by molar-refractivity contribution is 0.0521. The van der Waals surface area contributed by atoms with Gasteiger partial charge in [0.15, 0.2) is 5.69 Å². The summed E-state index contributed by atoms with van der Waals surface area (Å²) in [6, 6.07) is 0. The maximum Gasteiger partial charge on any atom is 0.360 e. The van der Waals surface area contributed by atoms with Gasteiger partial charge in [-0.05, 0) is 6.92 Å².